The first-order valence-corrected chi connectivity index (χ1v) is 8.65. The number of rotatable bonds is 4. The van der Waals surface area contributed by atoms with Gasteiger partial charge < -0.3 is 4.57 Å². The summed E-state index contributed by atoms with van der Waals surface area (Å²) in [6.45, 7) is 3.93. The molecule has 0 unspecified atom stereocenters. The molecule has 8 heteroatoms. The van der Waals surface area contributed by atoms with Crippen molar-refractivity contribution in [2.45, 2.75) is 26.7 Å². The molecule has 122 valence electrons. The first-order valence-electron chi connectivity index (χ1n) is 7.70. The number of aromatic nitrogens is 7. The lowest BCUT2D eigenvalue weighted by molar-refractivity contribution is 0.808. The quantitative estimate of drug-likeness (QED) is 0.571. The molecule has 0 spiro atoms. The highest BCUT2D eigenvalue weighted by molar-refractivity contribution is 7.07. The number of hydrogen-bond donors (Lipinski definition) is 0. The van der Waals surface area contributed by atoms with Gasteiger partial charge in [0, 0.05) is 31.2 Å². The monoisotopic (exact) mass is 339 g/mol. The Bertz CT molecular complexity index is 958. The average Bonchev–Trinajstić information content (AvgIpc) is 3.28. The molecule has 4 aromatic heterocycles. The molecule has 0 aliphatic rings. The molecule has 0 radical (unpaired) electrons. The molecule has 0 amide bonds. The predicted molar refractivity (Wildman–Crippen MR) is 92.0 cm³/mol. The van der Waals surface area contributed by atoms with E-state index in [0.717, 1.165) is 52.9 Å². The maximum Gasteiger partial charge on any atom is 0.177 e. The van der Waals surface area contributed by atoms with Crippen LogP contribution in [-0.2, 0) is 19.9 Å². The third kappa shape index (κ3) is 2.58. The Morgan fingerprint density at radius 1 is 1.12 bits per heavy atom. The second-order valence-corrected chi connectivity index (χ2v) is 6.51. The summed E-state index contributed by atoms with van der Waals surface area (Å²) >= 11 is 1.57. The van der Waals surface area contributed by atoms with Crippen LogP contribution in [0.25, 0.3) is 17.2 Å². The number of imidazole rings is 1. The number of nitrogens with zero attached hydrogens (tertiary/aromatic N) is 7. The second kappa shape index (κ2) is 5.79. The van der Waals surface area contributed by atoms with E-state index < -0.39 is 0 Å². The van der Waals surface area contributed by atoms with Crippen LogP contribution in [0.4, 0.5) is 0 Å². The fraction of sp³-hybridized carbons (Fsp3) is 0.312. The Morgan fingerprint density at radius 3 is 2.75 bits per heavy atom. The number of thiazole rings is 1. The average molecular weight is 339 g/mol. The van der Waals surface area contributed by atoms with Gasteiger partial charge in [-0.05, 0) is 20.3 Å². The molecule has 0 fully saturated rings. The third-order valence-electron chi connectivity index (χ3n) is 3.95. The van der Waals surface area contributed by atoms with Crippen LogP contribution in [0.15, 0.2) is 23.3 Å². The van der Waals surface area contributed by atoms with Gasteiger partial charge in [0.1, 0.15) is 5.69 Å². The van der Waals surface area contributed by atoms with E-state index in [0.29, 0.717) is 0 Å². The normalized spacial score (nSPS) is 11.5. The number of aryl methyl sites for hydroxylation is 5. The van der Waals surface area contributed by atoms with Gasteiger partial charge in [-0.25, -0.2) is 19.5 Å². The van der Waals surface area contributed by atoms with Crippen molar-refractivity contribution in [1.29, 1.82) is 0 Å². The van der Waals surface area contributed by atoms with E-state index in [-0.39, 0.29) is 0 Å². The molecule has 0 N–H and O–H groups in total. The SMILES string of the molecule is Cc1ncc(C)n2nc(CCc3cn(C)c(-c4cscn4)n3)nc12. The maximum atomic E-state index is 4.69. The van der Waals surface area contributed by atoms with Crippen LogP contribution >= 0.6 is 11.3 Å². The van der Waals surface area contributed by atoms with Gasteiger partial charge in [-0.1, -0.05) is 0 Å². The van der Waals surface area contributed by atoms with E-state index in [2.05, 4.69) is 25.0 Å². The van der Waals surface area contributed by atoms with Crippen LogP contribution in [0.2, 0.25) is 0 Å². The molecule has 0 aliphatic heterocycles. The molecule has 0 aromatic carbocycles. The van der Waals surface area contributed by atoms with Gasteiger partial charge >= 0.3 is 0 Å². The van der Waals surface area contributed by atoms with Crippen LogP contribution in [0, 0.1) is 13.8 Å². The molecule has 7 nitrogen and oxygen atoms in total. The Morgan fingerprint density at radius 2 is 2.00 bits per heavy atom. The molecular formula is C16H17N7S. The molecule has 4 heterocycles. The highest BCUT2D eigenvalue weighted by Crippen LogP contribution is 2.18. The lowest BCUT2D eigenvalue weighted by atomic mass is 10.2. The minimum atomic E-state index is 0.744. The summed E-state index contributed by atoms with van der Waals surface area (Å²) in [5.41, 5.74) is 6.46. The predicted octanol–water partition coefficient (Wildman–Crippen LogP) is 2.38. The van der Waals surface area contributed by atoms with Crippen molar-refractivity contribution in [2.75, 3.05) is 0 Å². The summed E-state index contributed by atoms with van der Waals surface area (Å²) in [6, 6.07) is 0. The van der Waals surface area contributed by atoms with Gasteiger partial charge in [0.05, 0.1) is 22.6 Å². The minimum Gasteiger partial charge on any atom is -0.332 e. The molecule has 0 bridgehead atoms. The smallest absolute Gasteiger partial charge is 0.177 e. The van der Waals surface area contributed by atoms with Gasteiger partial charge in [-0.15, -0.1) is 11.3 Å². The molecule has 0 saturated heterocycles. The second-order valence-electron chi connectivity index (χ2n) is 5.79. The fourth-order valence-corrected chi connectivity index (χ4v) is 3.22. The van der Waals surface area contributed by atoms with E-state index in [1.54, 1.807) is 11.3 Å². The topological polar surface area (TPSA) is 73.8 Å². The Labute approximate surface area is 143 Å². The lowest BCUT2D eigenvalue weighted by Crippen LogP contribution is -1.98. The van der Waals surface area contributed by atoms with Gasteiger partial charge in [0.15, 0.2) is 17.3 Å². The summed E-state index contributed by atoms with van der Waals surface area (Å²) in [5.74, 6) is 1.71. The molecule has 4 rings (SSSR count). The van der Waals surface area contributed by atoms with Crippen molar-refractivity contribution < 1.29 is 0 Å². The van der Waals surface area contributed by atoms with Crippen molar-refractivity contribution in [1.82, 2.24) is 34.1 Å². The molecular weight excluding hydrogens is 322 g/mol. The van der Waals surface area contributed by atoms with Crippen LogP contribution in [0.5, 0.6) is 0 Å². The largest absolute Gasteiger partial charge is 0.332 e. The molecule has 0 atom stereocenters. The summed E-state index contributed by atoms with van der Waals surface area (Å²) in [6.07, 6.45) is 5.40. The Balaban J connectivity index is 1.56. The standard InChI is InChI=1S/C16H17N7S/c1-10-6-17-11(2)15-20-14(21-23(10)15)5-4-12-7-22(3)16(19-12)13-8-24-9-18-13/h6-9H,4-5H2,1-3H3. The van der Waals surface area contributed by atoms with Crippen molar-refractivity contribution in [3.8, 4) is 11.5 Å². The highest BCUT2D eigenvalue weighted by atomic mass is 32.1. The lowest BCUT2D eigenvalue weighted by Gasteiger charge is -1.97. The van der Waals surface area contributed by atoms with Crippen LogP contribution in [0.3, 0.4) is 0 Å². The number of hydrogen-bond acceptors (Lipinski definition) is 6. The van der Waals surface area contributed by atoms with Crippen molar-refractivity contribution in [2.24, 2.45) is 7.05 Å². The first kappa shape index (κ1) is 14.9. The van der Waals surface area contributed by atoms with Crippen molar-refractivity contribution in [3.63, 3.8) is 0 Å². The zero-order valence-corrected chi connectivity index (χ0v) is 14.6. The molecule has 24 heavy (non-hydrogen) atoms. The number of fused-ring (bicyclic) bond motifs is 1. The fourth-order valence-electron chi connectivity index (χ4n) is 2.69. The van der Waals surface area contributed by atoms with E-state index in [9.17, 15) is 0 Å². The van der Waals surface area contributed by atoms with Gasteiger partial charge in [-0.2, -0.15) is 5.10 Å². The van der Waals surface area contributed by atoms with Gasteiger partial charge in [0.2, 0.25) is 0 Å². The van der Waals surface area contributed by atoms with E-state index in [1.807, 2.05) is 53.3 Å². The van der Waals surface area contributed by atoms with Crippen molar-refractivity contribution in [3.05, 3.63) is 46.2 Å². The first-order chi connectivity index (χ1) is 11.6. The minimum absolute atomic E-state index is 0.744. The summed E-state index contributed by atoms with van der Waals surface area (Å²) in [7, 11) is 1.99. The summed E-state index contributed by atoms with van der Waals surface area (Å²) in [4.78, 5) is 18.0. The van der Waals surface area contributed by atoms with E-state index >= 15 is 0 Å². The molecule has 0 aliphatic carbocycles. The highest BCUT2D eigenvalue weighted by Gasteiger charge is 2.12. The van der Waals surface area contributed by atoms with Crippen LogP contribution in [-0.4, -0.2) is 34.1 Å². The Hall–Kier alpha value is -2.61. The zero-order chi connectivity index (χ0) is 16.7. The van der Waals surface area contributed by atoms with E-state index in [4.69, 9.17) is 0 Å². The summed E-state index contributed by atoms with van der Waals surface area (Å²) < 4.78 is 3.87. The van der Waals surface area contributed by atoms with Gasteiger partial charge in [0.25, 0.3) is 0 Å². The van der Waals surface area contributed by atoms with Crippen LogP contribution in [0.1, 0.15) is 22.9 Å². The maximum absolute atomic E-state index is 4.69. The molecule has 4 aromatic rings. The summed E-state index contributed by atoms with van der Waals surface area (Å²) in [5, 5.41) is 6.60. The van der Waals surface area contributed by atoms with E-state index in [1.165, 1.54) is 0 Å². The zero-order valence-electron chi connectivity index (χ0n) is 13.8. The van der Waals surface area contributed by atoms with Crippen molar-refractivity contribution >= 4 is 17.0 Å². The Kier molecular flexibility index (Phi) is 3.61. The third-order valence-corrected chi connectivity index (χ3v) is 4.53. The van der Waals surface area contributed by atoms with Crippen LogP contribution < -0.4 is 0 Å². The molecule has 0 saturated carbocycles. The van der Waals surface area contributed by atoms with Gasteiger partial charge in [-0.3, -0.25) is 4.98 Å².